The molecule has 0 bridgehead atoms. The maximum absolute atomic E-state index is 5.50. The van der Waals surface area contributed by atoms with Crippen LogP contribution in [0.1, 0.15) is 27.7 Å². The van der Waals surface area contributed by atoms with Crippen molar-refractivity contribution >= 4 is 15.9 Å². The maximum atomic E-state index is 5.50. The Kier molecular flexibility index (Phi) is 5.02. The molecule has 0 fully saturated rings. The minimum atomic E-state index is -0.0247. The van der Waals surface area contributed by atoms with Gasteiger partial charge in [-0.1, -0.05) is 27.6 Å². The SMILES string of the molecule is C/C(=C\COC(C)(C)C)CBr. The Labute approximate surface area is 78.0 Å². The van der Waals surface area contributed by atoms with Crippen molar-refractivity contribution in [1.29, 1.82) is 0 Å². The molecule has 11 heavy (non-hydrogen) atoms. The molecule has 0 aromatic carbocycles. The second-order valence-electron chi connectivity index (χ2n) is 3.61. The third-order valence-corrected chi connectivity index (χ3v) is 2.04. The van der Waals surface area contributed by atoms with Gasteiger partial charge < -0.3 is 4.74 Å². The molecule has 2 heteroatoms. The quantitative estimate of drug-likeness (QED) is 0.525. The number of hydrogen-bond acceptors (Lipinski definition) is 1. The molecule has 0 saturated heterocycles. The lowest BCUT2D eigenvalue weighted by molar-refractivity contribution is 0.0148. The molecule has 0 aromatic rings. The Morgan fingerprint density at radius 3 is 2.36 bits per heavy atom. The molecule has 1 nitrogen and oxygen atoms in total. The molecule has 0 heterocycles. The third-order valence-electron chi connectivity index (χ3n) is 1.16. The minimum Gasteiger partial charge on any atom is -0.372 e. The molecule has 0 amide bonds. The van der Waals surface area contributed by atoms with Crippen LogP contribution < -0.4 is 0 Å². The number of allylic oxidation sites excluding steroid dienone is 1. The van der Waals surface area contributed by atoms with Crippen LogP contribution in [-0.2, 0) is 4.74 Å². The van der Waals surface area contributed by atoms with E-state index in [1.54, 1.807) is 0 Å². The van der Waals surface area contributed by atoms with E-state index in [0.29, 0.717) is 6.61 Å². The highest BCUT2D eigenvalue weighted by molar-refractivity contribution is 9.09. The summed E-state index contributed by atoms with van der Waals surface area (Å²) >= 11 is 3.37. The summed E-state index contributed by atoms with van der Waals surface area (Å²) in [5.74, 6) is 0. The Morgan fingerprint density at radius 2 is 2.00 bits per heavy atom. The van der Waals surface area contributed by atoms with Crippen LogP contribution in [0.3, 0.4) is 0 Å². The Bertz CT molecular complexity index is 133. The zero-order chi connectivity index (χ0) is 8.91. The summed E-state index contributed by atoms with van der Waals surface area (Å²) in [5.41, 5.74) is 1.29. The molecule has 0 aromatic heterocycles. The van der Waals surface area contributed by atoms with Crippen LogP contribution >= 0.6 is 15.9 Å². The van der Waals surface area contributed by atoms with E-state index in [-0.39, 0.29) is 5.60 Å². The van der Waals surface area contributed by atoms with Crippen LogP contribution in [0.2, 0.25) is 0 Å². The number of hydrogen-bond donors (Lipinski definition) is 0. The van der Waals surface area contributed by atoms with Crippen molar-refractivity contribution in [2.75, 3.05) is 11.9 Å². The van der Waals surface area contributed by atoms with Crippen molar-refractivity contribution in [2.24, 2.45) is 0 Å². The van der Waals surface area contributed by atoms with Crippen molar-refractivity contribution in [3.05, 3.63) is 11.6 Å². The molecule has 0 aliphatic heterocycles. The summed E-state index contributed by atoms with van der Waals surface area (Å²) in [5, 5.41) is 0.931. The van der Waals surface area contributed by atoms with Gasteiger partial charge >= 0.3 is 0 Å². The summed E-state index contributed by atoms with van der Waals surface area (Å²) in [6.07, 6.45) is 2.10. The van der Waals surface area contributed by atoms with E-state index in [1.165, 1.54) is 5.57 Å². The Hall–Kier alpha value is 0.180. The van der Waals surface area contributed by atoms with Crippen molar-refractivity contribution < 1.29 is 4.74 Å². The van der Waals surface area contributed by atoms with Gasteiger partial charge in [0.2, 0.25) is 0 Å². The summed E-state index contributed by atoms with van der Waals surface area (Å²) in [4.78, 5) is 0. The Balaban J connectivity index is 3.57. The highest BCUT2D eigenvalue weighted by Crippen LogP contribution is 2.07. The lowest BCUT2D eigenvalue weighted by Crippen LogP contribution is -2.19. The minimum absolute atomic E-state index is 0.0247. The fourth-order valence-corrected chi connectivity index (χ4v) is 0.717. The molecular formula is C9H17BrO. The topological polar surface area (TPSA) is 9.23 Å². The predicted octanol–water partition coefficient (Wildman–Crippen LogP) is 3.14. The zero-order valence-corrected chi connectivity index (χ0v) is 9.36. The highest BCUT2D eigenvalue weighted by Gasteiger charge is 2.07. The third kappa shape index (κ3) is 8.08. The van der Waals surface area contributed by atoms with E-state index in [1.807, 2.05) is 0 Å². The lowest BCUT2D eigenvalue weighted by Gasteiger charge is -2.18. The average Bonchev–Trinajstić information content (AvgIpc) is 1.85. The fourth-order valence-electron chi connectivity index (χ4n) is 0.488. The second-order valence-corrected chi connectivity index (χ2v) is 4.17. The van der Waals surface area contributed by atoms with E-state index in [0.717, 1.165) is 5.33 Å². The normalized spacial score (nSPS) is 13.7. The first-order valence-corrected chi connectivity index (χ1v) is 4.93. The van der Waals surface area contributed by atoms with Crippen LogP contribution in [0.15, 0.2) is 11.6 Å². The molecule has 0 spiro atoms. The summed E-state index contributed by atoms with van der Waals surface area (Å²) in [6, 6.07) is 0. The van der Waals surface area contributed by atoms with Gasteiger partial charge in [-0.25, -0.2) is 0 Å². The first kappa shape index (κ1) is 11.2. The van der Waals surface area contributed by atoms with Crippen molar-refractivity contribution in [1.82, 2.24) is 0 Å². The van der Waals surface area contributed by atoms with Crippen LogP contribution in [-0.4, -0.2) is 17.5 Å². The zero-order valence-electron chi connectivity index (χ0n) is 7.78. The summed E-state index contributed by atoms with van der Waals surface area (Å²) < 4.78 is 5.50. The van der Waals surface area contributed by atoms with Gasteiger partial charge in [0.05, 0.1) is 12.2 Å². The molecular weight excluding hydrogens is 204 g/mol. The number of rotatable bonds is 3. The van der Waals surface area contributed by atoms with Gasteiger partial charge in [0.25, 0.3) is 0 Å². The van der Waals surface area contributed by atoms with Crippen molar-refractivity contribution in [3.63, 3.8) is 0 Å². The monoisotopic (exact) mass is 220 g/mol. The number of halogens is 1. The number of ether oxygens (including phenoxy) is 1. The van der Waals surface area contributed by atoms with Crippen LogP contribution in [0.25, 0.3) is 0 Å². The maximum Gasteiger partial charge on any atom is 0.0657 e. The van der Waals surface area contributed by atoms with Gasteiger partial charge in [-0.05, 0) is 27.7 Å². The molecule has 66 valence electrons. The van der Waals surface area contributed by atoms with Gasteiger partial charge in [0.1, 0.15) is 0 Å². The molecule has 0 saturated carbocycles. The standard InChI is InChI=1S/C9H17BrO/c1-8(7-10)5-6-11-9(2,3)4/h5H,6-7H2,1-4H3/b8-5+. The van der Waals surface area contributed by atoms with Gasteiger partial charge in [0, 0.05) is 5.33 Å². The van der Waals surface area contributed by atoms with E-state index < -0.39 is 0 Å². The van der Waals surface area contributed by atoms with E-state index in [2.05, 4.69) is 49.7 Å². The van der Waals surface area contributed by atoms with Crippen molar-refractivity contribution in [2.45, 2.75) is 33.3 Å². The number of alkyl halides is 1. The highest BCUT2D eigenvalue weighted by atomic mass is 79.9. The summed E-state index contributed by atoms with van der Waals surface area (Å²) in [6.45, 7) is 8.97. The van der Waals surface area contributed by atoms with E-state index >= 15 is 0 Å². The molecule has 0 unspecified atom stereocenters. The van der Waals surface area contributed by atoms with Gasteiger partial charge in [-0.2, -0.15) is 0 Å². The van der Waals surface area contributed by atoms with E-state index in [4.69, 9.17) is 4.74 Å². The van der Waals surface area contributed by atoms with Crippen LogP contribution in [0.4, 0.5) is 0 Å². The van der Waals surface area contributed by atoms with Gasteiger partial charge in [-0.3, -0.25) is 0 Å². The lowest BCUT2D eigenvalue weighted by atomic mass is 10.2. The first-order chi connectivity index (χ1) is 4.95. The van der Waals surface area contributed by atoms with E-state index in [9.17, 15) is 0 Å². The van der Waals surface area contributed by atoms with Crippen LogP contribution in [0.5, 0.6) is 0 Å². The van der Waals surface area contributed by atoms with Gasteiger partial charge in [0.15, 0.2) is 0 Å². The smallest absolute Gasteiger partial charge is 0.0657 e. The molecule has 0 N–H and O–H groups in total. The Morgan fingerprint density at radius 1 is 1.45 bits per heavy atom. The largest absolute Gasteiger partial charge is 0.372 e. The molecule has 0 aliphatic carbocycles. The summed E-state index contributed by atoms with van der Waals surface area (Å²) in [7, 11) is 0. The molecule has 0 rings (SSSR count). The second kappa shape index (κ2) is 4.94. The first-order valence-electron chi connectivity index (χ1n) is 3.81. The van der Waals surface area contributed by atoms with Crippen LogP contribution in [0, 0.1) is 0 Å². The van der Waals surface area contributed by atoms with Gasteiger partial charge in [-0.15, -0.1) is 0 Å². The molecule has 0 radical (unpaired) electrons. The fraction of sp³-hybridized carbons (Fsp3) is 0.778. The predicted molar refractivity (Wildman–Crippen MR) is 53.3 cm³/mol. The molecule has 0 aliphatic rings. The van der Waals surface area contributed by atoms with Crippen molar-refractivity contribution in [3.8, 4) is 0 Å². The molecule has 0 atom stereocenters. The average molecular weight is 221 g/mol.